The third-order valence-electron chi connectivity index (χ3n) is 2.55. The molecule has 2 aromatic carbocycles. The lowest BCUT2D eigenvalue weighted by Crippen LogP contribution is -1.90. The summed E-state index contributed by atoms with van der Waals surface area (Å²) in [5.41, 5.74) is 3.23. The van der Waals surface area contributed by atoms with Crippen LogP contribution in [0.15, 0.2) is 48.5 Å². The largest absolute Gasteiger partial charge is 0.494 e. The second-order valence-corrected chi connectivity index (χ2v) is 3.68. The van der Waals surface area contributed by atoms with Crippen LogP contribution in [0.4, 0.5) is 0 Å². The predicted octanol–water partition coefficient (Wildman–Crippen LogP) is 3.73. The van der Waals surface area contributed by atoms with Crippen molar-refractivity contribution in [1.82, 2.24) is 0 Å². The third-order valence-corrected chi connectivity index (χ3v) is 2.55. The van der Waals surface area contributed by atoms with Gasteiger partial charge in [-0.3, -0.25) is 0 Å². The zero-order chi connectivity index (χ0) is 12.1. The Morgan fingerprint density at radius 1 is 0.941 bits per heavy atom. The second kappa shape index (κ2) is 5.23. The van der Waals surface area contributed by atoms with Crippen LogP contribution in [0.1, 0.15) is 12.5 Å². The summed E-state index contributed by atoms with van der Waals surface area (Å²) in [6.45, 7) is 2.67. The van der Waals surface area contributed by atoms with Crippen LogP contribution in [0.25, 0.3) is 11.1 Å². The Hall–Kier alpha value is -2.20. The minimum atomic E-state index is 0.691. The molecule has 0 aliphatic carbocycles. The second-order valence-electron chi connectivity index (χ2n) is 3.68. The first-order valence-electron chi connectivity index (χ1n) is 5.63. The van der Waals surface area contributed by atoms with Gasteiger partial charge in [0.15, 0.2) is 0 Å². The van der Waals surface area contributed by atoms with Crippen molar-refractivity contribution in [2.24, 2.45) is 0 Å². The van der Waals surface area contributed by atoms with Crippen molar-refractivity contribution in [3.63, 3.8) is 0 Å². The van der Waals surface area contributed by atoms with E-state index in [4.69, 9.17) is 11.2 Å². The highest BCUT2D eigenvalue weighted by Crippen LogP contribution is 2.22. The molecule has 0 fully saturated rings. The molecule has 0 unspecified atom stereocenters. The molecule has 2 rings (SSSR count). The molecule has 0 bridgehead atoms. The fraction of sp³-hybridized carbons (Fsp3) is 0.125. The van der Waals surface area contributed by atoms with E-state index in [-0.39, 0.29) is 0 Å². The van der Waals surface area contributed by atoms with Crippen LogP contribution in [-0.2, 0) is 0 Å². The van der Waals surface area contributed by atoms with Crippen molar-refractivity contribution < 1.29 is 4.74 Å². The summed E-state index contributed by atoms with van der Waals surface area (Å²) < 4.78 is 5.41. The van der Waals surface area contributed by atoms with Crippen LogP contribution in [-0.4, -0.2) is 6.61 Å². The van der Waals surface area contributed by atoms with Crippen molar-refractivity contribution >= 4 is 0 Å². The summed E-state index contributed by atoms with van der Waals surface area (Å²) in [5, 5.41) is 0. The summed E-state index contributed by atoms with van der Waals surface area (Å²) in [4.78, 5) is 0. The summed E-state index contributed by atoms with van der Waals surface area (Å²) in [5.74, 6) is 3.51. The highest BCUT2D eigenvalue weighted by atomic mass is 16.5. The highest BCUT2D eigenvalue weighted by molar-refractivity contribution is 5.65. The van der Waals surface area contributed by atoms with Crippen LogP contribution in [0.3, 0.4) is 0 Å². The molecule has 0 saturated heterocycles. The molecule has 0 radical (unpaired) electrons. The highest BCUT2D eigenvalue weighted by Gasteiger charge is 1.98. The number of benzene rings is 2. The van der Waals surface area contributed by atoms with Gasteiger partial charge in [-0.2, -0.15) is 0 Å². The maximum atomic E-state index is 5.41. The minimum absolute atomic E-state index is 0.691. The number of ether oxygens (including phenoxy) is 1. The van der Waals surface area contributed by atoms with E-state index in [1.807, 2.05) is 43.3 Å². The van der Waals surface area contributed by atoms with E-state index in [1.54, 1.807) is 0 Å². The van der Waals surface area contributed by atoms with Crippen LogP contribution >= 0.6 is 0 Å². The van der Waals surface area contributed by atoms with Gasteiger partial charge in [0.2, 0.25) is 0 Å². The minimum Gasteiger partial charge on any atom is -0.494 e. The molecule has 0 atom stereocenters. The van der Waals surface area contributed by atoms with Crippen LogP contribution in [0.2, 0.25) is 0 Å². The van der Waals surface area contributed by atoms with Gasteiger partial charge in [0.05, 0.1) is 6.61 Å². The monoisotopic (exact) mass is 222 g/mol. The Labute approximate surface area is 102 Å². The molecule has 0 aromatic heterocycles. The van der Waals surface area contributed by atoms with Crippen LogP contribution < -0.4 is 4.74 Å². The van der Waals surface area contributed by atoms with Crippen molar-refractivity contribution in [2.75, 3.05) is 6.61 Å². The van der Waals surface area contributed by atoms with E-state index in [9.17, 15) is 0 Å². The molecule has 0 aliphatic heterocycles. The van der Waals surface area contributed by atoms with E-state index in [1.165, 1.54) is 0 Å². The van der Waals surface area contributed by atoms with Crippen molar-refractivity contribution in [3.8, 4) is 29.2 Å². The molecule has 0 amide bonds. The summed E-state index contributed by atoms with van der Waals surface area (Å²) in [6, 6.07) is 16.0. The first-order valence-corrected chi connectivity index (χ1v) is 5.63. The molecule has 84 valence electrons. The average Bonchev–Trinajstić information content (AvgIpc) is 2.40. The summed E-state index contributed by atoms with van der Waals surface area (Å²) in [6.07, 6.45) is 5.33. The lowest BCUT2D eigenvalue weighted by molar-refractivity contribution is 0.340. The third kappa shape index (κ3) is 2.68. The SMILES string of the molecule is C#Cc1ccc(-c2ccc(OCC)cc2)cc1. The zero-order valence-electron chi connectivity index (χ0n) is 9.81. The topological polar surface area (TPSA) is 9.23 Å². The van der Waals surface area contributed by atoms with Crippen molar-refractivity contribution in [3.05, 3.63) is 54.1 Å². The van der Waals surface area contributed by atoms with Gasteiger partial charge in [0.25, 0.3) is 0 Å². The lowest BCUT2D eigenvalue weighted by atomic mass is 10.0. The van der Waals surface area contributed by atoms with E-state index >= 15 is 0 Å². The Morgan fingerprint density at radius 2 is 1.47 bits per heavy atom. The standard InChI is InChI=1S/C16H14O/c1-3-13-5-7-14(8-6-13)15-9-11-16(12-10-15)17-4-2/h1,5-12H,4H2,2H3. The van der Waals surface area contributed by atoms with E-state index in [0.29, 0.717) is 6.61 Å². The van der Waals surface area contributed by atoms with E-state index < -0.39 is 0 Å². The molecule has 0 aliphatic rings. The van der Waals surface area contributed by atoms with Gasteiger partial charge < -0.3 is 4.74 Å². The van der Waals surface area contributed by atoms with Gasteiger partial charge in [-0.25, -0.2) is 0 Å². The normalized spacial score (nSPS) is 9.65. The Morgan fingerprint density at radius 3 is 1.94 bits per heavy atom. The average molecular weight is 222 g/mol. The molecule has 1 heteroatoms. The Kier molecular flexibility index (Phi) is 3.47. The van der Waals surface area contributed by atoms with E-state index in [2.05, 4.69) is 18.1 Å². The zero-order valence-corrected chi connectivity index (χ0v) is 9.81. The lowest BCUT2D eigenvalue weighted by Gasteiger charge is -2.05. The molecule has 0 saturated carbocycles. The Balaban J connectivity index is 2.24. The molecule has 17 heavy (non-hydrogen) atoms. The number of hydrogen-bond acceptors (Lipinski definition) is 1. The smallest absolute Gasteiger partial charge is 0.119 e. The van der Waals surface area contributed by atoms with Gasteiger partial charge in [-0.15, -0.1) is 6.42 Å². The predicted molar refractivity (Wildman–Crippen MR) is 71.0 cm³/mol. The fourth-order valence-electron chi connectivity index (χ4n) is 1.67. The number of rotatable bonds is 3. The van der Waals surface area contributed by atoms with Crippen LogP contribution in [0.5, 0.6) is 5.75 Å². The first-order chi connectivity index (χ1) is 8.33. The van der Waals surface area contributed by atoms with Gasteiger partial charge in [-0.05, 0) is 42.3 Å². The maximum Gasteiger partial charge on any atom is 0.119 e. The first kappa shape index (κ1) is 11.3. The molecular formula is C16H14O. The molecule has 0 heterocycles. The summed E-state index contributed by atoms with van der Waals surface area (Å²) in [7, 11) is 0. The van der Waals surface area contributed by atoms with Gasteiger partial charge in [0, 0.05) is 5.56 Å². The number of terminal acetylenes is 1. The summed E-state index contributed by atoms with van der Waals surface area (Å²) >= 11 is 0. The molecule has 0 spiro atoms. The molecule has 1 nitrogen and oxygen atoms in total. The number of hydrogen-bond donors (Lipinski definition) is 0. The van der Waals surface area contributed by atoms with Gasteiger partial charge in [0.1, 0.15) is 5.75 Å². The molecule has 2 aromatic rings. The Bertz CT molecular complexity index is 515. The fourth-order valence-corrected chi connectivity index (χ4v) is 1.67. The molecule has 0 N–H and O–H groups in total. The maximum absolute atomic E-state index is 5.41. The van der Waals surface area contributed by atoms with Gasteiger partial charge in [-0.1, -0.05) is 30.2 Å². The molecular weight excluding hydrogens is 208 g/mol. The van der Waals surface area contributed by atoms with E-state index in [0.717, 1.165) is 22.4 Å². The van der Waals surface area contributed by atoms with Crippen molar-refractivity contribution in [2.45, 2.75) is 6.92 Å². The van der Waals surface area contributed by atoms with Gasteiger partial charge >= 0.3 is 0 Å². The quantitative estimate of drug-likeness (QED) is 0.719. The van der Waals surface area contributed by atoms with Crippen LogP contribution in [0, 0.1) is 12.3 Å². The van der Waals surface area contributed by atoms with Crippen molar-refractivity contribution in [1.29, 1.82) is 0 Å².